The van der Waals surface area contributed by atoms with E-state index in [2.05, 4.69) is 73.3 Å². The van der Waals surface area contributed by atoms with Crippen LogP contribution in [0.15, 0.2) is 16.3 Å². The molecule has 23 heavy (non-hydrogen) atoms. The minimum absolute atomic E-state index is 0.0114. The van der Waals surface area contributed by atoms with Gasteiger partial charge in [0.15, 0.2) is 0 Å². The maximum atomic E-state index is 9.48. The Morgan fingerprint density at radius 1 is 1.00 bits per heavy atom. The molecule has 0 aliphatic carbocycles. The van der Waals surface area contributed by atoms with Crippen molar-refractivity contribution >= 4 is 5.84 Å². The van der Waals surface area contributed by atoms with E-state index in [1.807, 2.05) is 0 Å². The lowest BCUT2D eigenvalue weighted by atomic mass is 9.70. The molecule has 1 fully saturated rings. The highest BCUT2D eigenvalue weighted by molar-refractivity contribution is 5.90. The molecule has 0 bridgehead atoms. The van der Waals surface area contributed by atoms with E-state index in [0.29, 0.717) is 0 Å². The minimum Gasteiger partial charge on any atom is -0.332 e. The fourth-order valence-corrected chi connectivity index (χ4v) is 3.78. The monoisotopic (exact) mass is 315 g/mol. The van der Waals surface area contributed by atoms with Crippen LogP contribution in [0.25, 0.3) is 0 Å². The zero-order valence-electron chi connectivity index (χ0n) is 16.4. The van der Waals surface area contributed by atoms with E-state index in [9.17, 15) is 5.26 Å². The molecule has 0 saturated carbocycles. The number of aliphatic imine (C=N–C) groups is 1. The van der Waals surface area contributed by atoms with Gasteiger partial charge < -0.3 is 4.90 Å². The predicted molar refractivity (Wildman–Crippen MR) is 97.0 cm³/mol. The van der Waals surface area contributed by atoms with Crippen LogP contribution in [0.1, 0.15) is 68.7 Å². The van der Waals surface area contributed by atoms with Crippen molar-refractivity contribution in [1.29, 1.82) is 5.26 Å². The first kappa shape index (κ1) is 18.0. The number of rotatable bonds is 0. The second-order valence-corrected chi connectivity index (χ2v) is 10.2. The molecule has 2 aliphatic heterocycles. The van der Waals surface area contributed by atoms with Crippen LogP contribution in [0, 0.1) is 33.5 Å². The molecule has 0 aromatic heterocycles. The average molecular weight is 316 g/mol. The van der Waals surface area contributed by atoms with E-state index in [0.717, 1.165) is 18.8 Å². The Hall–Kier alpha value is -1.30. The molecule has 2 aliphatic rings. The van der Waals surface area contributed by atoms with Gasteiger partial charge in [0.25, 0.3) is 0 Å². The number of fused-ring (bicyclic) bond motifs is 1. The van der Waals surface area contributed by atoms with Gasteiger partial charge in [0, 0.05) is 24.1 Å². The van der Waals surface area contributed by atoms with Crippen LogP contribution < -0.4 is 0 Å². The minimum atomic E-state index is -0.0114. The van der Waals surface area contributed by atoms with Crippen LogP contribution >= 0.6 is 0 Å². The zero-order valence-corrected chi connectivity index (χ0v) is 16.4. The fourth-order valence-electron chi connectivity index (χ4n) is 3.78. The number of nitriles is 1. The summed E-state index contributed by atoms with van der Waals surface area (Å²) < 4.78 is 0. The van der Waals surface area contributed by atoms with Gasteiger partial charge in [-0.25, -0.2) is 0 Å². The molecule has 0 unspecified atom stereocenters. The Balaban J connectivity index is 2.69. The van der Waals surface area contributed by atoms with Crippen molar-refractivity contribution in [1.82, 2.24) is 4.90 Å². The van der Waals surface area contributed by atoms with Gasteiger partial charge in [-0.3, -0.25) is 4.99 Å². The van der Waals surface area contributed by atoms with Crippen LogP contribution in [-0.4, -0.2) is 23.3 Å². The molecule has 0 spiro atoms. The van der Waals surface area contributed by atoms with Gasteiger partial charge >= 0.3 is 0 Å². The summed E-state index contributed by atoms with van der Waals surface area (Å²) in [5, 5.41) is 9.48. The second-order valence-electron chi connectivity index (χ2n) is 10.2. The molecule has 0 aromatic rings. The number of hydrogen-bond acceptors (Lipinski definition) is 3. The number of amidine groups is 1. The number of nitrogens with zero attached hydrogens (tertiary/aromatic N) is 3. The van der Waals surface area contributed by atoms with E-state index >= 15 is 0 Å². The maximum Gasteiger partial charge on any atom is 0.109 e. The van der Waals surface area contributed by atoms with Gasteiger partial charge in [0.1, 0.15) is 5.84 Å². The summed E-state index contributed by atoms with van der Waals surface area (Å²) in [4.78, 5) is 7.62. The lowest BCUT2D eigenvalue weighted by Crippen LogP contribution is -2.47. The highest BCUT2D eigenvalue weighted by Gasteiger charge is 2.46. The first-order chi connectivity index (χ1) is 10.3. The van der Waals surface area contributed by atoms with Gasteiger partial charge in [-0.15, -0.1) is 0 Å². The molecule has 2 rings (SSSR count). The van der Waals surface area contributed by atoms with Crippen molar-refractivity contribution in [3.8, 4) is 6.07 Å². The second kappa shape index (κ2) is 5.36. The number of allylic oxidation sites excluding steroid dienone is 1. The molecule has 0 aromatic carbocycles. The Kier molecular flexibility index (Phi) is 4.21. The highest BCUT2D eigenvalue weighted by Crippen LogP contribution is 2.48. The molecule has 1 saturated heterocycles. The van der Waals surface area contributed by atoms with E-state index < -0.39 is 0 Å². The molecule has 3 nitrogen and oxygen atoms in total. The molecule has 0 radical (unpaired) electrons. The summed E-state index contributed by atoms with van der Waals surface area (Å²) in [7, 11) is 0. The van der Waals surface area contributed by atoms with Crippen LogP contribution in [-0.2, 0) is 0 Å². The van der Waals surface area contributed by atoms with Crippen molar-refractivity contribution in [3.05, 3.63) is 11.3 Å². The van der Waals surface area contributed by atoms with Crippen LogP contribution in [0.4, 0.5) is 0 Å². The van der Waals surface area contributed by atoms with Crippen molar-refractivity contribution in [2.75, 3.05) is 6.54 Å². The quantitative estimate of drug-likeness (QED) is 0.630. The van der Waals surface area contributed by atoms with E-state index in [-0.39, 0.29) is 28.2 Å². The Bertz CT molecular complexity index is 582. The van der Waals surface area contributed by atoms with Gasteiger partial charge in [-0.05, 0) is 16.4 Å². The molecule has 3 heteroatoms. The summed E-state index contributed by atoms with van der Waals surface area (Å²) in [5.41, 5.74) is 2.91. The maximum absolute atomic E-state index is 9.48. The third-order valence-electron chi connectivity index (χ3n) is 4.74. The van der Waals surface area contributed by atoms with Crippen molar-refractivity contribution < 1.29 is 0 Å². The molecule has 128 valence electrons. The molecule has 0 amide bonds. The average Bonchev–Trinajstić information content (AvgIpc) is 2.76. The van der Waals surface area contributed by atoms with Crippen molar-refractivity contribution in [3.63, 3.8) is 0 Å². The normalized spacial score (nSPS) is 26.1. The lowest BCUT2D eigenvalue weighted by molar-refractivity contribution is 0.285. The summed E-state index contributed by atoms with van der Waals surface area (Å²) >= 11 is 0. The van der Waals surface area contributed by atoms with E-state index in [4.69, 9.17) is 4.99 Å². The lowest BCUT2D eigenvalue weighted by Gasteiger charge is -2.45. The molecule has 2 heterocycles. The first-order valence-electron chi connectivity index (χ1n) is 8.75. The third-order valence-corrected chi connectivity index (χ3v) is 4.74. The zero-order chi connectivity index (χ0) is 17.8. The van der Waals surface area contributed by atoms with Crippen molar-refractivity contribution in [2.45, 2.75) is 74.8 Å². The Morgan fingerprint density at radius 3 is 1.96 bits per heavy atom. The van der Waals surface area contributed by atoms with Crippen LogP contribution in [0.2, 0.25) is 0 Å². The smallest absolute Gasteiger partial charge is 0.109 e. The van der Waals surface area contributed by atoms with Gasteiger partial charge in [-0.1, -0.05) is 62.3 Å². The van der Waals surface area contributed by atoms with E-state index in [1.54, 1.807) is 0 Å². The molecular formula is C20H33N3. The van der Waals surface area contributed by atoms with Crippen molar-refractivity contribution in [2.24, 2.45) is 27.2 Å². The highest BCUT2D eigenvalue weighted by atomic mass is 15.3. The third kappa shape index (κ3) is 3.32. The Labute approximate surface area is 142 Å². The van der Waals surface area contributed by atoms with Gasteiger partial charge in [0.05, 0.1) is 18.0 Å². The van der Waals surface area contributed by atoms with Gasteiger partial charge in [0.2, 0.25) is 0 Å². The largest absolute Gasteiger partial charge is 0.332 e. The Morgan fingerprint density at radius 2 is 1.57 bits per heavy atom. The summed E-state index contributed by atoms with van der Waals surface area (Å²) in [6.45, 7) is 21.1. The topological polar surface area (TPSA) is 39.4 Å². The SMILES string of the molecule is CC(C)(C)C1=N[C@@H](C(C)(C)C)C(C(C)(C)C)=C2C[C@@H](C#N)CN12. The fraction of sp³-hybridized carbons (Fsp3) is 0.800. The predicted octanol–water partition coefficient (Wildman–Crippen LogP) is 5.00. The number of hydrogen-bond donors (Lipinski definition) is 0. The van der Waals surface area contributed by atoms with Gasteiger partial charge in [-0.2, -0.15) is 5.26 Å². The van der Waals surface area contributed by atoms with E-state index in [1.165, 1.54) is 11.3 Å². The summed E-state index contributed by atoms with van der Waals surface area (Å²) in [5.74, 6) is 1.23. The van der Waals surface area contributed by atoms with Crippen LogP contribution in [0.3, 0.4) is 0 Å². The molecular weight excluding hydrogens is 282 g/mol. The summed E-state index contributed by atoms with van der Waals surface area (Å²) in [6, 6.07) is 2.67. The first-order valence-corrected chi connectivity index (χ1v) is 8.75. The molecule has 2 atom stereocenters. The summed E-state index contributed by atoms with van der Waals surface area (Å²) in [6.07, 6.45) is 0.866. The van der Waals surface area contributed by atoms with Crippen LogP contribution in [0.5, 0.6) is 0 Å². The molecule has 0 N–H and O–H groups in total. The standard InChI is InChI=1S/C20H33N3/c1-18(2,3)15-14-10-13(11-21)12-23(14)17(20(7,8)9)22-16(15)19(4,5)6/h13,16H,10,12H2,1-9H3/t13-,16+/m0/s1.